The Morgan fingerprint density at radius 2 is 1.62 bits per heavy atom. The summed E-state index contributed by atoms with van der Waals surface area (Å²) in [6, 6.07) is 7.54. The third kappa shape index (κ3) is 3.04. The van der Waals surface area contributed by atoms with Crippen molar-refractivity contribution in [3.8, 4) is 0 Å². The van der Waals surface area contributed by atoms with E-state index in [-0.39, 0.29) is 13.0 Å². The second-order valence-corrected chi connectivity index (χ2v) is 4.31. The Morgan fingerprint density at radius 3 is 2.12 bits per heavy atom. The predicted molar refractivity (Wildman–Crippen MR) is 63.2 cm³/mol. The van der Waals surface area contributed by atoms with E-state index in [9.17, 15) is 10.2 Å². The Bertz CT molecular complexity index is 323. The molecule has 0 radical (unpaired) electrons. The first kappa shape index (κ1) is 13.2. The van der Waals surface area contributed by atoms with Gasteiger partial charge in [0.25, 0.3) is 0 Å². The maximum Gasteiger partial charge on any atom is 0.105 e. The quantitative estimate of drug-likeness (QED) is 0.711. The van der Waals surface area contributed by atoms with E-state index in [0.29, 0.717) is 5.92 Å². The van der Waals surface area contributed by atoms with Gasteiger partial charge in [-0.1, -0.05) is 38.1 Å². The zero-order valence-corrected chi connectivity index (χ0v) is 9.80. The summed E-state index contributed by atoms with van der Waals surface area (Å²) in [6.07, 6.45) is -1.65. The van der Waals surface area contributed by atoms with Crippen LogP contribution in [0.2, 0.25) is 0 Å². The Hall–Kier alpha value is -0.900. The van der Waals surface area contributed by atoms with E-state index in [0.717, 1.165) is 11.1 Å². The Kier molecular flexibility index (Phi) is 4.93. The number of benzene rings is 1. The van der Waals surface area contributed by atoms with Crippen LogP contribution < -0.4 is 0 Å². The van der Waals surface area contributed by atoms with Crippen LogP contribution in [0, 0.1) is 0 Å². The van der Waals surface area contributed by atoms with Crippen LogP contribution in [0.15, 0.2) is 24.3 Å². The zero-order valence-electron chi connectivity index (χ0n) is 9.80. The molecule has 0 aliphatic carbocycles. The molecule has 0 heterocycles. The molecule has 1 aromatic rings. The average molecular weight is 224 g/mol. The van der Waals surface area contributed by atoms with Crippen molar-refractivity contribution in [2.45, 2.75) is 38.4 Å². The average Bonchev–Trinajstić information content (AvgIpc) is 2.28. The maximum atomic E-state index is 9.99. The third-order valence-electron chi connectivity index (χ3n) is 2.73. The molecule has 1 aromatic carbocycles. The Balaban J connectivity index is 2.93. The van der Waals surface area contributed by atoms with Crippen LogP contribution in [-0.4, -0.2) is 28.0 Å². The molecule has 0 fully saturated rings. The van der Waals surface area contributed by atoms with Crippen molar-refractivity contribution >= 4 is 0 Å². The summed E-state index contributed by atoms with van der Waals surface area (Å²) in [5.74, 6) is 0.298. The fraction of sp³-hybridized carbons (Fsp3) is 0.538. The van der Waals surface area contributed by atoms with Crippen LogP contribution in [0.3, 0.4) is 0 Å². The number of rotatable bonds is 5. The van der Waals surface area contributed by atoms with Gasteiger partial charge in [-0.05, 0) is 23.5 Å². The SMILES string of the molecule is CC(C)c1ccccc1C(O)C(O)CCO. The van der Waals surface area contributed by atoms with Gasteiger partial charge in [-0.2, -0.15) is 0 Å². The molecule has 0 aliphatic rings. The third-order valence-corrected chi connectivity index (χ3v) is 2.73. The molecule has 0 saturated carbocycles. The molecule has 0 bridgehead atoms. The molecule has 16 heavy (non-hydrogen) atoms. The van der Waals surface area contributed by atoms with Crippen LogP contribution in [0.4, 0.5) is 0 Å². The second kappa shape index (κ2) is 5.99. The monoisotopic (exact) mass is 224 g/mol. The van der Waals surface area contributed by atoms with Crippen molar-refractivity contribution in [2.75, 3.05) is 6.61 Å². The highest BCUT2D eigenvalue weighted by molar-refractivity contribution is 5.32. The van der Waals surface area contributed by atoms with Crippen molar-refractivity contribution in [1.82, 2.24) is 0 Å². The summed E-state index contributed by atoms with van der Waals surface area (Å²) in [5, 5.41) is 28.4. The van der Waals surface area contributed by atoms with Crippen LogP contribution in [0.5, 0.6) is 0 Å². The van der Waals surface area contributed by atoms with E-state index in [1.807, 2.05) is 38.1 Å². The lowest BCUT2D eigenvalue weighted by Gasteiger charge is -2.21. The molecule has 0 aliphatic heterocycles. The molecule has 90 valence electrons. The van der Waals surface area contributed by atoms with Crippen molar-refractivity contribution < 1.29 is 15.3 Å². The Morgan fingerprint density at radius 1 is 1.06 bits per heavy atom. The molecule has 0 amide bonds. The van der Waals surface area contributed by atoms with E-state index >= 15 is 0 Å². The molecule has 0 spiro atoms. The topological polar surface area (TPSA) is 60.7 Å². The highest BCUT2D eigenvalue weighted by Gasteiger charge is 2.21. The van der Waals surface area contributed by atoms with Gasteiger partial charge in [-0.15, -0.1) is 0 Å². The highest BCUT2D eigenvalue weighted by atomic mass is 16.3. The minimum atomic E-state index is -0.925. The summed E-state index contributed by atoms with van der Waals surface area (Å²) in [7, 11) is 0. The number of hydrogen-bond donors (Lipinski definition) is 3. The zero-order chi connectivity index (χ0) is 12.1. The van der Waals surface area contributed by atoms with Gasteiger partial charge < -0.3 is 15.3 Å². The second-order valence-electron chi connectivity index (χ2n) is 4.31. The van der Waals surface area contributed by atoms with Crippen LogP contribution in [0.25, 0.3) is 0 Å². The number of hydrogen-bond acceptors (Lipinski definition) is 3. The van der Waals surface area contributed by atoms with E-state index in [4.69, 9.17) is 5.11 Å². The lowest BCUT2D eigenvalue weighted by molar-refractivity contribution is 0.00365. The van der Waals surface area contributed by atoms with E-state index < -0.39 is 12.2 Å². The molecule has 2 atom stereocenters. The summed E-state index contributed by atoms with van der Waals surface area (Å²) in [6.45, 7) is 3.97. The molecular formula is C13H20O3. The maximum absolute atomic E-state index is 9.99. The van der Waals surface area contributed by atoms with Crippen molar-refractivity contribution in [1.29, 1.82) is 0 Å². The number of aliphatic hydroxyl groups is 3. The smallest absolute Gasteiger partial charge is 0.105 e. The van der Waals surface area contributed by atoms with Gasteiger partial charge in [0, 0.05) is 6.61 Å². The minimum absolute atomic E-state index is 0.123. The van der Waals surface area contributed by atoms with Crippen LogP contribution >= 0.6 is 0 Å². The summed E-state index contributed by atoms with van der Waals surface area (Å²) in [4.78, 5) is 0. The molecule has 0 saturated heterocycles. The standard InChI is InChI=1S/C13H20O3/c1-9(2)10-5-3-4-6-11(10)13(16)12(15)7-8-14/h3-6,9,12-16H,7-8H2,1-2H3. The first-order valence-corrected chi connectivity index (χ1v) is 5.63. The predicted octanol–water partition coefficient (Wildman–Crippen LogP) is 1.59. The highest BCUT2D eigenvalue weighted by Crippen LogP contribution is 2.27. The lowest BCUT2D eigenvalue weighted by Crippen LogP contribution is -2.20. The van der Waals surface area contributed by atoms with Gasteiger partial charge in [-0.3, -0.25) is 0 Å². The molecule has 3 N–H and O–H groups in total. The van der Waals surface area contributed by atoms with Crippen LogP contribution in [0.1, 0.15) is 43.4 Å². The largest absolute Gasteiger partial charge is 0.396 e. The molecular weight excluding hydrogens is 204 g/mol. The van der Waals surface area contributed by atoms with Gasteiger partial charge in [0.05, 0.1) is 6.10 Å². The normalized spacial score (nSPS) is 15.1. The lowest BCUT2D eigenvalue weighted by atomic mass is 9.91. The molecule has 3 heteroatoms. The van der Waals surface area contributed by atoms with Gasteiger partial charge in [0.15, 0.2) is 0 Å². The molecule has 3 nitrogen and oxygen atoms in total. The first-order chi connectivity index (χ1) is 7.57. The van der Waals surface area contributed by atoms with E-state index in [1.54, 1.807) is 0 Å². The number of aliphatic hydroxyl groups excluding tert-OH is 3. The summed E-state index contributed by atoms with van der Waals surface area (Å²) < 4.78 is 0. The van der Waals surface area contributed by atoms with Crippen molar-refractivity contribution in [3.05, 3.63) is 35.4 Å². The van der Waals surface area contributed by atoms with E-state index in [1.165, 1.54) is 0 Å². The van der Waals surface area contributed by atoms with Gasteiger partial charge in [0.1, 0.15) is 6.10 Å². The van der Waals surface area contributed by atoms with Crippen LogP contribution in [-0.2, 0) is 0 Å². The minimum Gasteiger partial charge on any atom is -0.396 e. The van der Waals surface area contributed by atoms with Crippen molar-refractivity contribution in [3.63, 3.8) is 0 Å². The van der Waals surface area contributed by atoms with Gasteiger partial charge in [0.2, 0.25) is 0 Å². The van der Waals surface area contributed by atoms with Gasteiger partial charge >= 0.3 is 0 Å². The molecule has 2 unspecified atom stereocenters. The van der Waals surface area contributed by atoms with E-state index in [2.05, 4.69) is 0 Å². The summed E-state index contributed by atoms with van der Waals surface area (Å²) >= 11 is 0. The Labute approximate surface area is 96.4 Å². The van der Waals surface area contributed by atoms with Gasteiger partial charge in [-0.25, -0.2) is 0 Å². The first-order valence-electron chi connectivity index (χ1n) is 5.63. The fourth-order valence-electron chi connectivity index (χ4n) is 1.80. The van der Waals surface area contributed by atoms with Crippen molar-refractivity contribution in [2.24, 2.45) is 0 Å². The molecule has 0 aromatic heterocycles. The molecule has 1 rings (SSSR count). The fourth-order valence-corrected chi connectivity index (χ4v) is 1.80. The summed E-state index contributed by atoms with van der Waals surface area (Å²) in [5.41, 5.74) is 1.78.